The SMILES string of the molecule is CC(C)(C)OC(=O)CCC(C#N)c1c(F)cccc1F. The molecular weight excluding hydrogens is 264 g/mol. The lowest BCUT2D eigenvalue weighted by Crippen LogP contribution is -2.24. The summed E-state index contributed by atoms with van der Waals surface area (Å²) in [6, 6.07) is 5.25. The molecule has 0 amide bonds. The highest BCUT2D eigenvalue weighted by atomic mass is 19.1. The first kappa shape index (κ1) is 16.1. The van der Waals surface area contributed by atoms with Gasteiger partial charge in [-0.3, -0.25) is 4.79 Å². The molecule has 1 unspecified atom stereocenters. The van der Waals surface area contributed by atoms with Crippen molar-refractivity contribution < 1.29 is 18.3 Å². The molecule has 0 saturated heterocycles. The van der Waals surface area contributed by atoms with Crippen LogP contribution in [0.5, 0.6) is 0 Å². The van der Waals surface area contributed by atoms with E-state index in [4.69, 9.17) is 10.00 Å². The van der Waals surface area contributed by atoms with Gasteiger partial charge in [-0.2, -0.15) is 5.26 Å². The van der Waals surface area contributed by atoms with Gasteiger partial charge >= 0.3 is 5.97 Å². The highest BCUT2D eigenvalue weighted by molar-refractivity contribution is 5.70. The summed E-state index contributed by atoms with van der Waals surface area (Å²) in [6.07, 6.45) is -0.0491. The number of ether oxygens (including phenoxy) is 1. The second-order valence-electron chi connectivity index (χ2n) is 5.44. The first-order chi connectivity index (χ1) is 9.24. The Hall–Kier alpha value is -1.96. The lowest BCUT2D eigenvalue weighted by atomic mass is 9.94. The van der Waals surface area contributed by atoms with Gasteiger partial charge in [0.1, 0.15) is 17.2 Å². The summed E-state index contributed by atoms with van der Waals surface area (Å²) in [5.41, 5.74) is -0.916. The smallest absolute Gasteiger partial charge is 0.306 e. The summed E-state index contributed by atoms with van der Waals surface area (Å²) in [6.45, 7) is 5.18. The Morgan fingerprint density at radius 2 is 1.90 bits per heavy atom. The van der Waals surface area contributed by atoms with Crippen molar-refractivity contribution in [3.8, 4) is 6.07 Å². The molecule has 0 N–H and O–H groups in total. The standard InChI is InChI=1S/C15H17F2NO2/c1-15(2,3)20-13(19)8-7-10(9-18)14-11(16)5-4-6-12(14)17/h4-6,10H,7-8H2,1-3H3. The van der Waals surface area contributed by atoms with Crippen molar-refractivity contribution in [2.24, 2.45) is 0 Å². The van der Waals surface area contributed by atoms with Crippen molar-refractivity contribution in [1.29, 1.82) is 5.26 Å². The number of halogens is 2. The number of esters is 1. The third-order valence-electron chi connectivity index (χ3n) is 2.56. The van der Waals surface area contributed by atoms with Crippen molar-refractivity contribution in [2.75, 3.05) is 0 Å². The van der Waals surface area contributed by atoms with Gasteiger partial charge in [-0.25, -0.2) is 8.78 Å². The van der Waals surface area contributed by atoms with Crippen LogP contribution in [0.2, 0.25) is 0 Å². The molecule has 3 nitrogen and oxygen atoms in total. The minimum Gasteiger partial charge on any atom is -0.460 e. The van der Waals surface area contributed by atoms with E-state index in [9.17, 15) is 13.6 Å². The van der Waals surface area contributed by atoms with E-state index in [-0.39, 0.29) is 18.4 Å². The fraction of sp³-hybridized carbons (Fsp3) is 0.467. The molecule has 20 heavy (non-hydrogen) atoms. The summed E-state index contributed by atoms with van der Waals surface area (Å²) in [4.78, 5) is 11.6. The Labute approximate surface area is 117 Å². The maximum atomic E-state index is 13.6. The Kier molecular flexibility index (Phi) is 5.20. The van der Waals surface area contributed by atoms with Gasteiger partial charge in [0.05, 0.1) is 12.0 Å². The van der Waals surface area contributed by atoms with Gasteiger partial charge in [0, 0.05) is 12.0 Å². The van der Waals surface area contributed by atoms with Gasteiger partial charge in [-0.1, -0.05) is 6.07 Å². The average molecular weight is 281 g/mol. The molecule has 1 aromatic carbocycles. The molecule has 1 atom stereocenters. The van der Waals surface area contributed by atoms with Gasteiger partial charge in [0.25, 0.3) is 0 Å². The molecule has 0 saturated carbocycles. The monoisotopic (exact) mass is 281 g/mol. The molecule has 0 fully saturated rings. The minimum absolute atomic E-state index is 0.0171. The molecule has 5 heteroatoms. The largest absolute Gasteiger partial charge is 0.460 e. The Balaban J connectivity index is 2.75. The van der Waals surface area contributed by atoms with Crippen molar-refractivity contribution in [1.82, 2.24) is 0 Å². The molecule has 0 bridgehead atoms. The summed E-state index contributed by atoms with van der Waals surface area (Å²) in [5.74, 6) is -3.06. The van der Waals surface area contributed by atoms with Crippen molar-refractivity contribution in [3.63, 3.8) is 0 Å². The maximum Gasteiger partial charge on any atom is 0.306 e. The van der Waals surface area contributed by atoms with Crippen LogP contribution in [0.15, 0.2) is 18.2 Å². The van der Waals surface area contributed by atoms with Gasteiger partial charge in [-0.05, 0) is 39.3 Å². The van der Waals surface area contributed by atoms with Crippen LogP contribution >= 0.6 is 0 Å². The number of rotatable bonds is 4. The molecule has 0 spiro atoms. The lowest BCUT2D eigenvalue weighted by Gasteiger charge is -2.20. The van der Waals surface area contributed by atoms with E-state index < -0.39 is 29.1 Å². The van der Waals surface area contributed by atoms with Crippen LogP contribution in [0.1, 0.15) is 45.1 Å². The summed E-state index contributed by atoms with van der Waals surface area (Å²) in [5, 5.41) is 9.04. The zero-order valence-corrected chi connectivity index (χ0v) is 11.7. The fourth-order valence-electron chi connectivity index (χ4n) is 1.77. The molecule has 0 aliphatic carbocycles. The number of hydrogen-bond acceptors (Lipinski definition) is 3. The molecule has 0 aliphatic heterocycles. The second-order valence-corrected chi connectivity index (χ2v) is 5.44. The van der Waals surface area contributed by atoms with E-state index in [2.05, 4.69) is 0 Å². The fourth-order valence-corrected chi connectivity index (χ4v) is 1.77. The summed E-state index contributed by atoms with van der Waals surface area (Å²) >= 11 is 0. The van der Waals surface area contributed by atoms with Gasteiger partial charge < -0.3 is 4.74 Å². The predicted molar refractivity (Wildman–Crippen MR) is 69.8 cm³/mol. The number of benzene rings is 1. The van der Waals surface area contributed by atoms with Crippen LogP contribution in [-0.4, -0.2) is 11.6 Å². The highest BCUT2D eigenvalue weighted by Crippen LogP contribution is 2.26. The first-order valence-electron chi connectivity index (χ1n) is 6.30. The van der Waals surface area contributed by atoms with Crippen LogP contribution in [-0.2, 0) is 9.53 Å². The predicted octanol–water partition coefficient (Wildman–Crippen LogP) is 3.69. The lowest BCUT2D eigenvalue weighted by molar-refractivity contribution is -0.154. The van der Waals surface area contributed by atoms with E-state index in [1.807, 2.05) is 6.07 Å². The Morgan fingerprint density at radius 1 is 1.35 bits per heavy atom. The number of carbonyl (C=O) groups is 1. The quantitative estimate of drug-likeness (QED) is 0.791. The van der Waals surface area contributed by atoms with Crippen LogP contribution < -0.4 is 0 Å². The average Bonchev–Trinajstić information content (AvgIpc) is 2.30. The molecular formula is C15H17F2NO2. The third-order valence-corrected chi connectivity index (χ3v) is 2.56. The number of nitrogens with zero attached hydrogens (tertiary/aromatic N) is 1. The van der Waals surface area contributed by atoms with Gasteiger partial charge in [-0.15, -0.1) is 0 Å². The van der Waals surface area contributed by atoms with Gasteiger partial charge in [0.2, 0.25) is 0 Å². The number of nitriles is 1. The molecule has 108 valence electrons. The highest BCUT2D eigenvalue weighted by Gasteiger charge is 2.22. The molecule has 0 heterocycles. The van der Waals surface area contributed by atoms with E-state index in [1.54, 1.807) is 20.8 Å². The van der Waals surface area contributed by atoms with Crippen LogP contribution in [0.4, 0.5) is 8.78 Å². The molecule has 1 rings (SSSR count). The first-order valence-corrected chi connectivity index (χ1v) is 6.30. The number of carbonyl (C=O) groups excluding carboxylic acids is 1. The zero-order chi connectivity index (χ0) is 15.3. The van der Waals surface area contributed by atoms with Crippen LogP contribution in [0.25, 0.3) is 0 Å². The molecule has 0 aliphatic rings. The normalized spacial score (nSPS) is 12.6. The van der Waals surface area contributed by atoms with E-state index in [1.165, 1.54) is 6.07 Å². The van der Waals surface area contributed by atoms with E-state index >= 15 is 0 Å². The molecule has 0 aromatic heterocycles. The Bertz CT molecular complexity index is 509. The van der Waals surface area contributed by atoms with Crippen LogP contribution in [0.3, 0.4) is 0 Å². The van der Waals surface area contributed by atoms with Crippen molar-refractivity contribution in [3.05, 3.63) is 35.4 Å². The topological polar surface area (TPSA) is 50.1 Å². The minimum atomic E-state index is -1.01. The van der Waals surface area contributed by atoms with E-state index in [0.29, 0.717) is 0 Å². The van der Waals surface area contributed by atoms with Gasteiger partial charge in [0.15, 0.2) is 0 Å². The van der Waals surface area contributed by atoms with Crippen molar-refractivity contribution >= 4 is 5.97 Å². The summed E-state index contributed by atoms with van der Waals surface area (Å²) < 4.78 is 32.2. The summed E-state index contributed by atoms with van der Waals surface area (Å²) in [7, 11) is 0. The second kappa shape index (κ2) is 6.47. The number of hydrogen-bond donors (Lipinski definition) is 0. The van der Waals surface area contributed by atoms with E-state index in [0.717, 1.165) is 12.1 Å². The molecule has 0 radical (unpaired) electrons. The zero-order valence-electron chi connectivity index (χ0n) is 11.7. The third kappa shape index (κ3) is 4.61. The molecule has 1 aromatic rings. The van der Waals surface area contributed by atoms with Crippen molar-refractivity contribution in [2.45, 2.75) is 45.1 Å². The maximum absolute atomic E-state index is 13.6. The van der Waals surface area contributed by atoms with Crippen LogP contribution in [0, 0.1) is 23.0 Å². The Morgan fingerprint density at radius 3 is 2.35 bits per heavy atom.